The first-order chi connectivity index (χ1) is 13.6. The van der Waals surface area contributed by atoms with Crippen LogP contribution in [0.5, 0.6) is 0 Å². The predicted molar refractivity (Wildman–Crippen MR) is 132 cm³/mol. The van der Waals surface area contributed by atoms with Gasteiger partial charge in [-0.3, -0.25) is 4.99 Å². The minimum absolute atomic E-state index is 0. The van der Waals surface area contributed by atoms with E-state index >= 15 is 0 Å². The number of aliphatic imine (C=N–C) groups is 1. The Morgan fingerprint density at radius 1 is 1.10 bits per heavy atom. The summed E-state index contributed by atoms with van der Waals surface area (Å²) in [6.07, 6.45) is 5.58. The molecule has 1 heterocycles. The lowest BCUT2D eigenvalue weighted by molar-refractivity contribution is -0.00503. The summed E-state index contributed by atoms with van der Waals surface area (Å²) in [7, 11) is 6.10. The fraction of sp³-hybridized carbons (Fsp3) is 0.905. The SMILES string of the molecule is CN=C(NCC1(N(C)C)CCOCC1)NC1CCC(NC(=O)OC(C)(C)C)CC1.I. The van der Waals surface area contributed by atoms with Crippen molar-refractivity contribution in [2.75, 3.05) is 40.9 Å². The second kappa shape index (κ2) is 12.3. The molecule has 0 radical (unpaired) electrons. The fourth-order valence-electron chi connectivity index (χ4n) is 4.03. The van der Waals surface area contributed by atoms with E-state index in [0.29, 0.717) is 6.04 Å². The molecule has 0 aromatic heterocycles. The monoisotopic (exact) mass is 539 g/mol. The third-order valence-electron chi connectivity index (χ3n) is 5.97. The molecule has 2 rings (SSSR count). The van der Waals surface area contributed by atoms with E-state index in [1.807, 2.05) is 27.8 Å². The van der Waals surface area contributed by atoms with E-state index in [4.69, 9.17) is 9.47 Å². The Balaban J connectivity index is 0.00000450. The van der Waals surface area contributed by atoms with Gasteiger partial charge in [0, 0.05) is 44.4 Å². The molecule has 9 heteroatoms. The zero-order valence-corrected chi connectivity index (χ0v) is 21.9. The average molecular weight is 540 g/mol. The van der Waals surface area contributed by atoms with Crippen molar-refractivity contribution in [3.05, 3.63) is 0 Å². The van der Waals surface area contributed by atoms with Crippen molar-refractivity contribution in [3.8, 4) is 0 Å². The molecule has 1 saturated carbocycles. The van der Waals surface area contributed by atoms with Gasteiger partial charge in [0.15, 0.2) is 5.96 Å². The summed E-state index contributed by atoms with van der Waals surface area (Å²) < 4.78 is 10.9. The first-order valence-electron chi connectivity index (χ1n) is 10.9. The van der Waals surface area contributed by atoms with Crippen LogP contribution in [0.15, 0.2) is 4.99 Å². The van der Waals surface area contributed by atoms with Crippen molar-refractivity contribution in [2.45, 2.75) is 82.5 Å². The summed E-state index contributed by atoms with van der Waals surface area (Å²) >= 11 is 0. The van der Waals surface area contributed by atoms with Crippen molar-refractivity contribution in [2.24, 2.45) is 4.99 Å². The summed E-state index contributed by atoms with van der Waals surface area (Å²) in [5.41, 5.74) is -0.361. The van der Waals surface area contributed by atoms with Crippen LogP contribution in [0, 0.1) is 0 Å². The maximum Gasteiger partial charge on any atom is 0.407 e. The Morgan fingerprint density at radius 2 is 1.63 bits per heavy atom. The summed E-state index contributed by atoms with van der Waals surface area (Å²) in [4.78, 5) is 18.7. The summed E-state index contributed by atoms with van der Waals surface area (Å²) in [5, 5.41) is 10.1. The highest BCUT2D eigenvalue weighted by molar-refractivity contribution is 14.0. The number of likely N-dealkylation sites (N-methyl/N-ethyl adjacent to an activating group) is 1. The van der Waals surface area contributed by atoms with Gasteiger partial charge >= 0.3 is 6.09 Å². The fourth-order valence-corrected chi connectivity index (χ4v) is 4.03. The smallest absolute Gasteiger partial charge is 0.407 e. The molecule has 1 saturated heterocycles. The molecule has 1 amide bonds. The molecule has 2 fully saturated rings. The number of amides is 1. The molecule has 0 unspecified atom stereocenters. The van der Waals surface area contributed by atoms with Crippen LogP contribution in [0.1, 0.15) is 59.3 Å². The Morgan fingerprint density at radius 3 is 2.10 bits per heavy atom. The molecule has 0 atom stereocenters. The third-order valence-corrected chi connectivity index (χ3v) is 5.97. The van der Waals surface area contributed by atoms with Crippen LogP contribution in [-0.4, -0.2) is 81.1 Å². The van der Waals surface area contributed by atoms with Gasteiger partial charge < -0.3 is 30.3 Å². The van der Waals surface area contributed by atoms with E-state index in [9.17, 15) is 4.79 Å². The van der Waals surface area contributed by atoms with Gasteiger partial charge in [0.25, 0.3) is 0 Å². The molecular formula is C21H42IN5O3. The van der Waals surface area contributed by atoms with Crippen molar-refractivity contribution in [3.63, 3.8) is 0 Å². The van der Waals surface area contributed by atoms with Gasteiger partial charge in [0.05, 0.1) is 0 Å². The number of carbonyl (C=O) groups is 1. The number of halogens is 1. The lowest BCUT2D eigenvalue weighted by Gasteiger charge is -2.43. The van der Waals surface area contributed by atoms with Gasteiger partial charge in [-0.15, -0.1) is 24.0 Å². The third kappa shape index (κ3) is 8.74. The van der Waals surface area contributed by atoms with Crippen LogP contribution in [0.2, 0.25) is 0 Å². The molecule has 0 spiro atoms. The second-order valence-electron chi connectivity index (χ2n) is 9.50. The van der Waals surface area contributed by atoms with Crippen LogP contribution in [0.4, 0.5) is 4.79 Å². The predicted octanol–water partition coefficient (Wildman–Crippen LogP) is 2.72. The minimum Gasteiger partial charge on any atom is -0.444 e. The van der Waals surface area contributed by atoms with Crippen LogP contribution in [0.25, 0.3) is 0 Å². The molecule has 1 aliphatic carbocycles. The van der Waals surface area contributed by atoms with Gasteiger partial charge in [-0.25, -0.2) is 4.79 Å². The lowest BCUT2D eigenvalue weighted by Crippen LogP contribution is -2.58. The molecule has 1 aliphatic heterocycles. The summed E-state index contributed by atoms with van der Waals surface area (Å²) in [6, 6.07) is 0.542. The zero-order chi connectivity index (χ0) is 21.5. The van der Waals surface area contributed by atoms with Crippen molar-refractivity contribution < 1.29 is 14.3 Å². The molecule has 176 valence electrons. The first kappa shape index (κ1) is 27.2. The highest BCUT2D eigenvalue weighted by atomic mass is 127. The van der Waals surface area contributed by atoms with Crippen molar-refractivity contribution in [1.82, 2.24) is 20.9 Å². The Bertz CT molecular complexity index is 551. The molecule has 8 nitrogen and oxygen atoms in total. The molecule has 0 aromatic rings. The van der Waals surface area contributed by atoms with E-state index < -0.39 is 5.60 Å². The van der Waals surface area contributed by atoms with Crippen molar-refractivity contribution in [1.29, 1.82) is 0 Å². The maximum atomic E-state index is 12.0. The van der Waals surface area contributed by atoms with Gasteiger partial charge in [-0.05, 0) is 73.4 Å². The number of nitrogens with one attached hydrogen (secondary N) is 3. The van der Waals surface area contributed by atoms with E-state index in [1.54, 1.807) is 0 Å². The van der Waals surface area contributed by atoms with Crippen LogP contribution in [0.3, 0.4) is 0 Å². The topological polar surface area (TPSA) is 87.2 Å². The normalized spacial score (nSPS) is 24.6. The van der Waals surface area contributed by atoms with Gasteiger partial charge in [-0.2, -0.15) is 0 Å². The molecule has 0 bridgehead atoms. The van der Waals surface area contributed by atoms with E-state index in [-0.39, 0.29) is 41.7 Å². The molecular weight excluding hydrogens is 497 g/mol. The zero-order valence-electron chi connectivity index (χ0n) is 19.5. The van der Waals surface area contributed by atoms with E-state index in [2.05, 4.69) is 39.9 Å². The number of carbonyl (C=O) groups excluding carboxylic acids is 1. The quantitative estimate of drug-likeness (QED) is 0.283. The van der Waals surface area contributed by atoms with Crippen LogP contribution in [-0.2, 0) is 9.47 Å². The Hall–Kier alpha value is -0.810. The van der Waals surface area contributed by atoms with Crippen LogP contribution < -0.4 is 16.0 Å². The molecule has 30 heavy (non-hydrogen) atoms. The van der Waals surface area contributed by atoms with Gasteiger partial charge in [0.1, 0.15) is 5.60 Å². The highest BCUT2D eigenvalue weighted by Crippen LogP contribution is 2.25. The largest absolute Gasteiger partial charge is 0.444 e. The lowest BCUT2D eigenvalue weighted by atomic mass is 9.88. The van der Waals surface area contributed by atoms with E-state index in [1.165, 1.54) is 0 Å². The second-order valence-corrected chi connectivity index (χ2v) is 9.50. The molecule has 3 N–H and O–H groups in total. The highest BCUT2D eigenvalue weighted by Gasteiger charge is 2.35. The molecule has 0 aromatic carbocycles. The first-order valence-corrected chi connectivity index (χ1v) is 10.9. The number of hydrogen-bond donors (Lipinski definition) is 3. The van der Waals surface area contributed by atoms with Gasteiger partial charge in [0.2, 0.25) is 0 Å². The molecule has 2 aliphatic rings. The van der Waals surface area contributed by atoms with E-state index in [0.717, 1.165) is 64.2 Å². The number of guanidine groups is 1. The maximum absolute atomic E-state index is 12.0. The number of nitrogens with zero attached hydrogens (tertiary/aromatic N) is 2. The summed E-state index contributed by atoms with van der Waals surface area (Å²) in [6.45, 7) is 8.10. The standard InChI is InChI=1S/C21H41N5O3.HI/c1-20(2,3)29-19(27)25-17-9-7-16(8-10-17)24-18(22-4)23-15-21(26(5)6)11-13-28-14-12-21;/h16-17H,7-15H2,1-6H3,(H,25,27)(H2,22,23,24);1H. The Labute approximate surface area is 199 Å². The number of ether oxygens (including phenoxy) is 2. The van der Waals surface area contributed by atoms with Gasteiger partial charge in [-0.1, -0.05) is 0 Å². The Kier molecular flexibility index (Phi) is 11.1. The summed E-state index contributed by atoms with van der Waals surface area (Å²) in [5.74, 6) is 0.848. The van der Waals surface area contributed by atoms with Crippen LogP contribution >= 0.6 is 24.0 Å². The number of hydrogen-bond acceptors (Lipinski definition) is 5. The average Bonchev–Trinajstić information content (AvgIpc) is 2.65. The number of alkyl carbamates (subject to hydrolysis) is 1. The minimum atomic E-state index is -0.463. The number of rotatable bonds is 5. The van der Waals surface area contributed by atoms with Crippen molar-refractivity contribution >= 4 is 36.0 Å².